The fourth-order valence-corrected chi connectivity index (χ4v) is 2.30. The molecule has 0 bridgehead atoms. The standard InChI is InChI=1S/C14H28N2O2/c1-11(2)9-16(12-6-7-15-8-12)10-13(17)18-14(3,4)5/h11-12,15H,6-10H2,1-5H3/t12-/m0/s1. The quantitative estimate of drug-likeness (QED) is 0.759. The van der Waals surface area contributed by atoms with Gasteiger partial charge < -0.3 is 10.1 Å². The van der Waals surface area contributed by atoms with Crippen molar-refractivity contribution >= 4 is 5.97 Å². The van der Waals surface area contributed by atoms with Gasteiger partial charge in [-0.1, -0.05) is 13.8 Å². The number of carbonyl (C=O) groups is 1. The van der Waals surface area contributed by atoms with Crippen molar-refractivity contribution in [2.75, 3.05) is 26.2 Å². The molecular formula is C14H28N2O2. The van der Waals surface area contributed by atoms with Crippen molar-refractivity contribution in [1.82, 2.24) is 10.2 Å². The van der Waals surface area contributed by atoms with Crippen LogP contribution in [0, 0.1) is 5.92 Å². The Bertz CT molecular complexity index is 265. The Morgan fingerprint density at radius 2 is 2.11 bits per heavy atom. The van der Waals surface area contributed by atoms with Gasteiger partial charge in [-0.3, -0.25) is 9.69 Å². The maximum atomic E-state index is 11.9. The molecule has 0 aromatic rings. The molecule has 0 aliphatic carbocycles. The fraction of sp³-hybridized carbons (Fsp3) is 0.929. The van der Waals surface area contributed by atoms with E-state index in [0.717, 1.165) is 26.1 Å². The molecule has 4 nitrogen and oxygen atoms in total. The highest BCUT2D eigenvalue weighted by Crippen LogP contribution is 2.13. The lowest BCUT2D eigenvalue weighted by Crippen LogP contribution is -2.44. The maximum absolute atomic E-state index is 11.9. The lowest BCUT2D eigenvalue weighted by molar-refractivity contribution is -0.156. The van der Waals surface area contributed by atoms with E-state index in [2.05, 4.69) is 24.1 Å². The smallest absolute Gasteiger partial charge is 0.320 e. The normalized spacial score (nSPS) is 20.7. The molecule has 0 amide bonds. The molecule has 1 saturated heterocycles. The summed E-state index contributed by atoms with van der Waals surface area (Å²) in [5.74, 6) is 0.447. The van der Waals surface area contributed by atoms with Gasteiger partial charge in [0.05, 0.1) is 6.54 Å². The lowest BCUT2D eigenvalue weighted by atomic mass is 10.1. The first-order valence-corrected chi connectivity index (χ1v) is 6.94. The van der Waals surface area contributed by atoms with Crippen LogP contribution in [-0.2, 0) is 9.53 Å². The van der Waals surface area contributed by atoms with Crippen LogP contribution in [0.25, 0.3) is 0 Å². The molecular weight excluding hydrogens is 228 g/mol. The Morgan fingerprint density at radius 1 is 1.44 bits per heavy atom. The van der Waals surface area contributed by atoms with Crippen LogP contribution in [0.1, 0.15) is 41.0 Å². The van der Waals surface area contributed by atoms with Crippen LogP contribution in [0.5, 0.6) is 0 Å². The summed E-state index contributed by atoms with van der Waals surface area (Å²) in [6.45, 7) is 13.5. The average molecular weight is 256 g/mol. The van der Waals surface area contributed by atoms with Crippen molar-refractivity contribution in [1.29, 1.82) is 0 Å². The summed E-state index contributed by atoms with van der Waals surface area (Å²) in [5.41, 5.74) is -0.394. The first kappa shape index (κ1) is 15.4. The lowest BCUT2D eigenvalue weighted by Gasteiger charge is -2.30. The molecule has 1 N–H and O–H groups in total. The first-order chi connectivity index (χ1) is 8.28. The molecule has 1 rings (SSSR count). The van der Waals surface area contributed by atoms with Gasteiger partial charge in [0.15, 0.2) is 0 Å². The van der Waals surface area contributed by atoms with Crippen molar-refractivity contribution < 1.29 is 9.53 Å². The Hall–Kier alpha value is -0.610. The molecule has 1 heterocycles. The monoisotopic (exact) mass is 256 g/mol. The molecule has 106 valence electrons. The van der Waals surface area contributed by atoms with Crippen LogP contribution in [0.4, 0.5) is 0 Å². The average Bonchev–Trinajstić information content (AvgIpc) is 2.64. The molecule has 0 spiro atoms. The topological polar surface area (TPSA) is 41.6 Å². The van der Waals surface area contributed by atoms with Gasteiger partial charge in [-0.15, -0.1) is 0 Å². The largest absolute Gasteiger partial charge is 0.459 e. The summed E-state index contributed by atoms with van der Waals surface area (Å²) in [6.07, 6.45) is 1.12. The van der Waals surface area contributed by atoms with Gasteiger partial charge in [-0.05, 0) is 39.7 Å². The summed E-state index contributed by atoms with van der Waals surface area (Å²) < 4.78 is 5.41. The number of nitrogens with one attached hydrogen (secondary N) is 1. The minimum Gasteiger partial charge on any atom is -0.459 e. The fourth-order valence-electron chi connectivity index (χ4n) is 2.30. The second-order valence-electron chi connectivity index (χ2n) is 6.56. The molecule has 1 atom stereocenters. The minimum atomic E-state index is -0.394. The highest BCUT2D eigenvalue weighted by atomic mass is 16.6. The van der Waals surface area contributed by atoms with E-state index >= 15 is 0 Å². The van der Waals surface area contributed by atoms with Crippen LogP contribution >= 0.6 is 0 Å². The third-order valence-electron chi connectivity index (χ3n) is 2.90. The van der Waals surface area contributed by atoms with Crippen molar-refractivity contribution in [3.63, 3.8) is 0 Å². The third kappa shape index (κ3) is 5.83. The maximum Gasteiger partial charge on any atom is 0.320 e. The van der Waals surface area contributed by atoms with E-state index < -0.39 is 5.60 Å². The third-order valence-corrected chi connectivity index (χ3v) is 2.90. The molecule has 0 aromatic heterocycles. The van der Waals surface area contributed by atoms with Crippen LogP contribution < -0.4 is 5.32 Å². The van der Waals surface area contributed by atoms with E-state index in [1.54, 1.807) is 0 Å². The second-order valence-corrected chi connectivity index (χ2v) is 6.56. The minimum absolute atomic E-state index is 0.116. The van der Waals surface area contributed by atoms with Crippen molar-refractivity contribution in [2.24, 2.45) is 5.92 Å². The number of rotatable bonds is 5. The van der Waals surface area contributed by atoms with Gasteiger partial charge in [0.1, 0.15) is 5.60 Å². The predicted molar refractivity (Wildman–Crippen MR) is 73.5 cm³/mol. The Kier molecular flexibility index (Phi) is 5.60. The van der Waals surface area contributed by atoms with Gasteiger partial charge in [0, 0.05) is 19.1 Å². The number of carbonyl (C=O) groups excluding carboxylic acids is 1. The molecule has 1 fully saturated rings. The number of hydrogen-bond donors (Lipinski definition) is 1. The van der Waals surface area contributed by atoms with Crippen LogP contribution in [-0.4, -0.2) is 48.7 Å². The van der Waals surface area contributed by atoms with E-state index in [4.69, 9.17) is 4.74 Å². The highest BCUT2D eigenvalue weighted by molar-refractivity contribution is 5.72. The summed E-state index contributed by atoms with van der Waals surface area (Å²) in [6, 6.07) is 0.472. The molecule has 0 unspecified atom stereocenters. The molecule has 1 aliphatic heterocycles. The van der Waals surface area contributed by atoms with Crippen LogP contribution in [0.2, 0.25) is 0 Å². The number of esters is 1. The molecule has 18 heavy (non-hydrogen) atoms. The number of ether oxygens (including phenoxy) is 1. The van der Waals surface area contributed by atoms with E-state index in [-0.39, 0.29) is 5.97 Å². The summed E-state index contributed by atoms with van der Waals surface area (Å²) in [4.78, 5) is 14.2. The summed E-state index contributed by atoms with van der Waals surface area (Å²) in [5, 5.41) is 3.35. The van der Waals surface area contributed by atoms with Crippen molar-refractivity contribution in [3.8, 4) is 0 Å². The Balaban J connectivity index is 2.52. The van der Waals surface area contributed by atoms with Gasteiger partial charge in [0.2, 0.25) is 0 Å². The Morgan fingerprint density at radius 3 is 2.56 bits per heavy atom. The van der Waals surface area contributed by atoms with Crippen molar-refractivity contribution in [3.05, 3.63) is 0 Å². The SMILES string of the molecule is CC(C)CN(CC(=O)OC(C)(C)C)[C@H]1CCNC1. The zero-order valence-corrected chi connectivity index (χ0v) is 12.5. The molecule has 4 heteroatoms. The molecule has 0 aromatic carbocycles. The number of nitrogens with zero attached hydrogens (tertiary/aromatic N) is 1. The van der Waals surface area contributed by atoms with Crippen LogP contribution in [0.15, 0.2) is 0 Å². The van der Waals surface area contributed by atoms with Crippen molar-refractivity contribution in [2.45, 2.75) is 52.7 Å². The zero-order chi connectivity index (χ0) is 13.8. The zero-order valence-electron chi connectivity index (χ0n) is 12.5. The summed E-state index contributed by atoms with van der Waals surface area (Å²) in [7, 11) is 0. The summed E-state index contributed by atoms with van der Waals surface area (Å²) >= 11 is 0. The number of hydrogen-bond acceptors (Lipinski definition) is 4. The molecule has 0 saturated carbocycles. The Labute approximate surface area is 111 Å². The van der Waals surface area contributed by atoms with Crippen LogP contribution in [0.3, 0.4) is 0 Å². The first-order valence-electron chi connectivity index (χ1n) is 6.94. The van der Waals surface area contributed by atoms with E-state index in [1.807, 2.05) is 20.8 Å². The highest BCUT2D eigenvalue weighted by Gasteiger charge is 2.26. The second kappa shape index (κ2) is 6.53. The van der Waals surface area contributed by atoms with E-state index in [9.17, 15) is 4.79 Å². The van der Waals surface area contributed by atoms with E-state index in [1.165, 1.54) is 0 Å². The van der Waals surface area contributed by atoms with Gasteiger partial charge in [-0.2, -0.15) is 0 Å². The van der Waals surface area contributed by atoms with E-state index in [0.29, 0.717) is 18.5 Å². The van der Waals surface area contributed by atoms with Gasteiger partial charge in [0.25, 0.3) is 0 Å². The predicted octanol–water partition coefficient (Wildman–Crippen LogP) is 1.65. The van der Waals surface area contributed by atoms with Gasteiger partial charge >= 0.3 is 5.97 Å². The molecule has 1 aliphatic rings. The van der Waals surface area contributed by atoms with Gasteiger partial charge in [-0.25, -0.2) is 0 Å². The molecule has 0 radical (unpaired) electrons.